The number of rotatable bonds is 6. The van der Waals surface area contributed by atoms with Crippen LogP contribution in [0.3, 0.4) is 0 Å². The average molecular weight is 413 g/mol. The van der Waals surface area contributed by atoms with Gasteiger partial charge in [-0.25, -0.2) is 9.97 Å². The molecule has 2 unspecified atom stereocenters. The summed E-state index contributed by atoms with van der Waals surface area (Å²) in [6.07, 6.45) is 6.62. The molecule has 2 aliphatic rings. The summed E-state index contributed by atoms with van der Waals surface area (Å²) in [4.78, 5) is 16.5. The lowest BCUT2D eigenvalue weighted by Gasteiger charge is -2.28. The van der Waals surface area contributed by atoms with Crippen molar-refractivity contribution in [3.8, 4) is 0 Å². The number of likely N-dealkylation sites (tertiary alicyclic amines) is 1. The molecule has 0 aromatic carbocycles. The first-order valence-corrected chi connectivity index (χ1v) is 11.2. The molecule has 5 rings (SSSR count). The second-order valence-electron chi connectivity index (χ2n) is 8.62. The SMILES string of the molecule is Cc1sc2ncnc(N3CC4CN(CCCn5cccn5)CC4(CO)C3)c2c1C. The highest BCUT2D eigenvalue weighted by Crippen LogP contribution is 2.45. The number of aromatic nitrogens is 4. The highest BCUT2D eigenvalue weighted by atomic mass is 32.1. The van der Waals surface area contributed by atoms with Crippen LogP contribution in [0.5, 0.6) is 0 Å². The van der Waals surface area contributed by atoms with E-state index in [0.29, 0.717) is 5.92 Å². The van der Waals surface area contributed by atoms with E-state index in [4.69, 9.17) is 0 Å². The van der Waals surface area contributed by atoms with Crippen LogP contribution in [0, 0.1) is 25.2 Å². The lowest BCUT2D eigenvalue weighted by atomic mass is 9.82. The molecular weight excluding hydrogens is 384 g/mol. The molecule has 0 aliphatic carbocycles. The van der Waals surface area contributed by atoms with Gasteiger partial charge in [-0.2, -0.15) is 5.10 Å². The molecule has 3 aromatic rings. The molecule has 2 saturated heterocycles. The van der Waals surface area contributed by atoms with Crippen molar-refractivity contribution in [2.24, 2.45) is 11.3 Å². The Kier molecular flexibility index (Phi) is 4.80. The van der Waals surface area contributed by atoms with Crippen molar-refractivity contribution in [1.82, 2.24) is 24.6 Å². The molecule has 7 nitrogen and oxygen atoms in total. The van der Waals surface area contributed by atoms with E-state index in [1.165, 1.54) is 15.8 Å². The third kappa shape index (κ3) is 3.23. The molecule has 0 radical (unpaired) electrons. The van der Waals surface area contributed by atoms with E-state index in [9.17, 15) is 5.11 Å². The molecule has 0 bridgehead atoms. The summed E-state index contributed by atoms with van der Waals surface area (Å²) in [6, 6.07) is 1.97. The Balaban J connectivity index is 1.30. The summed E-state index contributed by atoms with van der Waals surface area (Å²) in [5.41, 5.74) is 1.23. The molecule has 8 heteroatoms. The fourth-order valence-corrected chi connectivity index (χ4v) is 6.13. The van der Waals surface area contributed by atoms with Crippen LogP contribution >= 0.6 is 11.3 Å². The van der Waals surface area contributed by atoms with Crippen LogP contribution in [0.4, 0.5) is 5.82 Å². The minimum Gasteiger partial charge on any atom is -0.396 e. The van der Waals surface area contributed by atoms with E-state index < -0.39 is 0 Å². The minimum absolute atomic E-state index is 0.0536. The monoisotopic (exact) mass is 412 g/mol. The van der Waals surface area contributed by atoms with E-state index in [1.807, 2.05) is 23.1 Å². The summed E-state index contributed by atoms with van der Waals surface area (Å²) in [5, 5.41) is 15.8. The van der Waals surface area contributed by atoms with E-state index in [2.05, 4.69) is 38.7 Å². The van der Waals surface area contributed by atoms with Crippen molar-refractivity contribution in [2.45, 2.75) is 26.8 Å². The van der Waals surface area contributed by atoms with Gasteiger partial charge in [-0.05, 0) is 44.4 Å². The summed E-state index contributed by atoms with van der Waals surface area (Å²) in [6.45, 7) is 10.4. The molecule has 29 heavy (non-hydrogen) atoms. The van der Waals surface area contributed by atoms with E-state index in [-0.39, 0.29) is 12.0 Å². The van der Waals surface area contributed by atoms with Crippen LogP contribution in [0.25, 0.3) is 10.2 Å². The van der Waals surface area contributed by atoms with Gasteiger partial charge in [0.2, 0.25) is 0 Å². The van der Waals surface area contributed by atoms with E-state index >= 15 is 0 Å². The first-order valence-electron chi connectivity index (χ1n) is 10.4. The fourth-order valence-electron chi connectivity index (χ4n) is 5.14. The van der Waals surface area contributed by atoms with Crippen molar-refractivity contribution < 1.29 is 5.11 Å². The minimum atomic E-state index is -0.0536. The molecule has 5 heterocycles. The molecular formula is C21H28N6OS. The maximum Gasteiger partial charge on any atom is 0.141 e. The summed E-state index contributed by atoms with van der Waals surface area (Å²) < 4.78 is 1.99. The lowest BCUT2D eigenvalue weighted by molar-refractivity contribution is 0.125. The number of thiophene rings is 1. The number of hydrogen-bond acceptors (Lipinski definition) is 7. The Bertz CT molecular complexity index is 1000. The quantitative estimate of drug-likeness (QED) is 0.670. The predicted octanol–water partition coefficient (Wildman–Crippen LogP) is 2.33. The molecule has 0 saturated carbocycles. The van der Waals surface area contributed by atoms with Gasteiger partial charge in [-0.3, -0.25) is 4.68 Å². The molecule has 0 spiro atoms. The molecule has 3 aromatic heterocycles. The summed E-state index contributed by atoms with van der Waals surface area (Å²) in [7, 11) is 0. The second-order valence-corrected chi connectivity index (χ2v) is 9.82. The largest absolute Gasteiger partial charge is 0.396 e. The zero-order valence-corrected chi connectivity index (χ0v) is 17.9. The van der Waals surface area contributed by atoms with Crippen LogP contribution in [0.15, 0.2) is 24.8 Å². The third-order valence-electron chi connectivity index (χ3n) is 6.81. The second kappa shape index (κ2) is 7.34. The Morgan fingerprint density at radius 2 is 2.10 bits per heavy atom. The van der Waals surface area contributed by atoms with Gasteiger partial charge < -0.3 is 14.9 Å². The molecule has 0 amide bonds. The van der Waals surface area contributed by atoms with Gasteiger partial charge in [0.25, 0.3) is 0 Å². The zero-order chi connectivity index (χ0) is 20.0. The van der Waals surface area contributed by atoms with Crippen LogP contribution < -0.4 is 4.90 Å². The van der Waals surface area contributed by atoms with Gasteiger partial charge in [-0.1, -0.05) is 0 Å². The molecule has 2 fully saturated rings. The van der Waals surface area contributed by atoms with Gasteiger partial charge >= 0.3 is 0 Å². The van der Waals surface area contributed by atoms with Crippen molar-refractivity contribution in [3.63, 3.8) is 0 Å². The van der Waals surface area contributed by atoms with Gasteiger partial charge in [0, 0.05) is 55.4 Å². The third-order valence-corrected chi connectivity index (χ3v) is 7.93. The van der Waals surface area contributed by atoms with Crippen LogP contribution in [0.1, 0.15) is 16.9 Å². The smallest absolute Gasteiger partial charge is 0.141 e. The molecule has 2 aliphatic heterocycles. The Morgan fingerprint density at radius 1 is 1.21 bits per heavy atom. The van der Waals surface area contributed by atoms with Crippen LogP contribution in [-0.2, 0) is 6.54 Å². The van der Waals surface area contributed by atoms with E-state index in [1.54, 1.807) is 17.7 Å². The fraction of sp³-hybridized carbons (Fsp3) is 0.571. The predicted molar refractivity (Wildman–Crippen MR) is 115 cm³/mol. The van der Waals surface area contributed by atoms with E-state index in [0.717, 1.165) is 56.3 Å². The summed E-state index contributed by atoms with van der Waals surface area (Å²) in [5.74, 6) is 1.52. The maximum absolute atomic E-state index is 10.4. The van der Waals surface area contributed by atoms with Crippen molar-refractivity contribution in [2.75, 3.05) is 44.2 Å². The number of nitrogens with zero attached hydrogens (tertiary/aromatic N) is 6. The number of aryl methyl sites for hydroxylation is 3. The Morgan fingerprint density at radius 3 is 2.86 bits per heavy atom. The molecule has 154 valence electrons. The standard InChI is InChI=1S/C21H28N6OS/c1-15-16(2)29-20-18(15)19(22-14-23-20)26-10-17-9-25(11-21(17,12-26)13-28)6-4-8-27-7-3-5-24-27/h3,5,7,14,17,28H,4,6,8-13H2,1-2H3. The highest BCUT2D eigenvalue weighted by Gasteiger charge is 2.52. The topological polar surface area (TPSA) is 70.3 Å². The van der Waals surface area contributed by atoms with Crippen molar-refractivity contribution in [3.05, 3.63) is 35.2 Å². The van der Waals surface area contributed by atoms with Gasteiger partial charge in [-0.15, -0.1) is 11.3 Å². The van der Waals surface area contributed by atoms with Gasteiger partial charge in [0.15, 0.2) is 0 Å². The van der Waals surface area contributed by atoms with Crippen LogP contribution in [0.2, 0.25) is 0 Å². The van der Waals surface area contributed by atoms with Gasteiger partial charge in [0.05, 0.1) is 12.0 Å². The van der Waals surface area contributed by atoms with Crippen molar-refractivity contribution in [1.29, 1.82) is 0 Å². The first-order chi connectivity index (χ1) is 14.1. The number of aliphatic hydroxyl groups is 1. The summed E-state index contributed by atoms with van der Waals surface area (Å²) >= 11 is 1.74. The van der Waals surface area contributed by atoms with Gasteiger partial charge in [0.1, 0.15) is 17.0 Å². The molecule has 1 N–H and O–H groups in total. The number of hydrogen-bond donors (Lipinski definition) is 1. The lowest BCUT2D eigenvalue weighted by Crippen LogP contribution is -2.37. The Hall–Kier alpha value is -2.03. The average Bonchev–Trinajstić information content (AvgIpc) is 3.46. The number of anilines is 1. The van der Waals surface area contributed by atoms with Crippen molar-refractivity contribution >= 4 is 27.4 Å². The molecule has 2 atom stereocenters. The Labute approximate surface area is 175 Å². The number of aliphatic hydroxyl groups excluding tert-OH is 1. The van der Waals surface area contributed by atoms with Crippen LogP contribution in [-0.4, -0.2) is 69.1 Å². The first kappa shape index (κ1) is 19.0. The highest BCUT2D eigenvalue weighted by molar-refractivity contribution is 7.18. The maximum atomic E-state index is 10.4. The number of fused-ring (bicyclic) bond motifs is 2. The zero-order valence-electron chi connectivity index (χ0n) is 17.1. The normalized spacial score (nSPS) is 24.7.